The lowest BCUT2D eigenvalue weighted by molar-refractivity contribution is -0.119. The Labute approximate surface area is 123 Å². The van der Waals surface area contributed by atoms with Crippen LogP contribution in [0, 0.1) is 6.92 Å². The average Bonchev–Trinajstić information content (AvgIpc) is 2.43. The van der Waals surface area contributed by atoms with Gasteiger partial charge in [-0.1, -0.05) is 51.2 Å². The maximum absolute atomic E-state index is 11.7. The Balaban J connectivity index is 2.03. The topological polar surface area (TPSA) is 26.3 Å². The zero-order valence-corrected chi connectivity index (χ0v) is 13.0. The molecule has 0 heterocycles. The second kappa shape index (κ2) is 10.5. The van der Waals surface area contributed by atoms with Crippen molar-refractivity contribution < 1.29 is 9.53 Å². The predicted molar refractivity (Wildman–Crippen MR) is 84.3 cm³/mol. The largest absolute Gasteiger partial charge is 0.493 e. The fourth-order valence-corrected chi connectivity index (χ4v) is 2.22. The maximum Gasteiger partial charge on any atom is 0.136 e. The van der Waals surface area contributed by atoms with Crippen molar-refractivity contribution in [2.24, 2.45) is 0 Å². The van der Waals surface area contributed by atoms with Crippen LogP contribution in [0.1, 0.15) is 63.9 Å². The highest BCUT2D eigenvalue weighted by Crippen LogP contribution is 2.13. The molecule has 20 heavy (non-hydrogen) atoms. The van der Waals surface area contributed by atoms with Gasteiger partial charge in [-0.05, 0) is 31.0 Å². The number of hydrogen-bond donors (Lipinski definition) is 0. The minimum Gasteiger partial charge on any atom is -0.493 e. The van der Waals surface area contributed by atoms with Crippen LogP contribution in [-0.4, -0.2) is 12.4 Å². The molecule has 0 amide bonds. The Kier molecular flexibility index (Phi) is 8.77. The van der Waals surface area contributed by atoms with Crippen molar-refractivity contribution in [1.82, 2.24) is 0 Å². The molecule has 0 saturated carbocycles. The van der Waals surface area contributed by atoms with Gasteiger partial charge in [0.25, 0.3) is 0 Å². The van der Waals surface area contributed by atoms with Gasteiger partial charge in [0.05, 0.1) is 6.61 Å². The van der Waals surface area contributed by atoms with Gasteiger partial charge in [0, 0.05) is 12.8 Å². The fourth-order valence-electron chi connectivity index (χ4n) is 2.22. The molecule has 1 aromatic carbocycles. The molecule has 112 valence electrons. The van der Waals surface area contributed by atoms with E-state index in [2.05, 4.69) is 6.92 Å². The molecule has 1 rings (SSSR count). The SMILES string of the molecule is CCCCCCCCC(=O)CCOc1cccc(C)c1. The Morgan fingerprint density at radius 3 is 2.55 bits per heavy atom. The Morgan fingerprint density at radius 2 is 1.80 bits per heavy atom. The quantitative estimate of drug-likeness (QED) is 0.527. The van der Waals surface area contributed by atoms with Gasteiger partial charge in [0.15, 0.2) is 0 Å². The molecule has 0 aliphatic carbocycles. The van der Waals surface area contributed by atoms with Crippen molar-refractivity contribution in [2.75, 3.05) is 6.61 Å². The van der Waals surface area contributed by atoms with Crippen molar-refractivity contribution in [3.05, 3.63) is 29.8 Å². The summed E-state index contributed by atoms with van der Waals surface area (Å²) in [6, 6.07) is 7.95. The van der Waals surface area contributed by atoms with E-state index in [0.29, 0.717) is 25.2 Å². The summed E-state index contributed by atoms with van der Waals surface area (Å²) in [6.07, 6.45) is 8.62. The molecule has 0 aromatic heterocycles. The van der Waals surface area contributed by atoms with Gasteiger partial charge >= 0.3 is 0 Å². The van der Waals surface area contributed by atoms with E-state index >= 15 is 0 Å². The van der Waals surface area contributed by atoms with E-state index in [1.165, 1.54) is 37.7 Å². The van der Waals surface area contributed by atoms with Gasteiger partial charge in [-0.2, -0.15) is 0 Å². The third kappa shape index (κ3) is 7.98. The maximum atomic E-state index is 11.7. The summed E-state index contributed by atoms with van der Waals surface area (Å²) in [5.74, 6) is 1.19. The second-order valence-electron chi connectivity index (χ2n) is 5.47. The van der Waals surface area contributed by atoms with E-state index in [0.717, 1.165) is 12.2 Å². The number of ether oxygens (including phenoxy) is 1. The highest BCUT2D eigenvalue weighted by Gasteiger charge is 2.02. The van der Waals surface area contributed by atoms with E-state index in [9.17, 15) is 4.79 Å². The summed E-state index contributed by atoms with van der Waals surface area (Å²) < 4.78 is 5.60. The molecule has 2 nitrogen and oxygen atoms in total. The number of unbranched alkanes of at least 4 members (excludes halogenated alkanes) is 5. The minimum atomic E-state index is 0.327. The summed E-state index contributed by atoms with van der Waals surface area (Å²) in [5, 5.41) is 0. The highest BCUT2D eigenvalue weighted by atomic mass is 16.5. The molecule has 0 radical (unpaired) electrons. The lowest BCUT2D eigenvalue weighted by Gasteiger charge is -2.06. The number of benzene rings is 1. The van der Waals surface area contributed by atoms with Gasteiger partial charge < -0.3 is 4.74 Å². The first-order chi connectivity index (χ1) is 9.72. The van der Waals surface area contributed by atoms with Crippen LogP contribution in [0.5, 0.6) is 5.75 Å². The summed E-state index contributed by atoms with van der Waals surface area (Å²) in [4.78, 5) is 11.7. The minimum absolute atomic E-state index is 0.327. The van der Waals surface area contributed by atoms with E-state index in [1.54, 1.807) is 0 Å². The molecule has 0 spiro atoms. The molecule has 0 aliphatic rings. The first kappa shape index (κ1) is 16.7. The van der Waals surface area contributed by atoms with Crippen molar-refractivity contribution in [2.45, 2.75) is 65.2 Å². The third-order valence-electron chi connectivity index (χ3n) is 3.45. The average molecular weight is 276 g/mol. The van der Waals surface area contributed by atoms with Crippen LogP contribution in [0.15, 0.2) is 24.3 Å². The van der Waals surface area contributed by atoms with Crippen LogP contribution in [0.3, 0.4) is 0 Å². The summed E-state index contributed by atoms with van der Waals surface area (Å²) in [7, 11) is 0. The molecule has 1 aromatic rings. The number of rotatable bonds is 11. The molecule has 0 unspecified atom stereocenters. The predicted octanol–water partition coefficient (Wildman–Crippen LogP) is 5.08. The summed E-state index contributed by atoms with van der Waals surface area (Å²) >= 11 is 0. The van der Waals surface area contributed by atoms with Crippen LogP contribution in [-0.2, 0) is 4.79 Å². The molecular formula is C18H28O2. The second-order valence-corrected chi connectivity index (χ2v) is 5.47. The van der Waals surface area contributed by atoms with Crippen LogP contribution in [0.2, 0.25) is 0 Å². The standard InChI is InChI=1S/C18H28O2/c1-3-4-5-6-7-8-11-17(19)13-14-20-18-12-9-10-16(2)15-18/h9-10,12,15H,3-8,11,13-14H2,1-2H3. The van der Waals surface area contributed by atoms with Crippen molar-refractivity contribution >= 4 is 5.78 Å². The highest BCUT2D eigenvalue weighted by molar-refractivity contribution is 5.78. The van der Waals surface area contributed by atoms with Crippen LogP contribution in [0.25, 0.3) is 0 Å². The Bertz CT molecular complexity index is 385. The van der Waals surface area contributed by atoms with Gasteiger partial charge in [0.2, 0.25) is 0 Å². The lowest BCUT2D eigenvalue weighted by Crippen LogP contribution is -2.06. The van der Waals surface area contributed by atoms with Crippen molar-refractivity contribution in [1.29, 1.82) is 0 Å². The first-order valence-corrected chi connectivity index (χ1v) is 7.93. The van der Waals surface area contributed by atoms with Crippen LogP contribution < -0.4 is 4.74 Å². The normalized spacial score (nSPS) is 10.5. The molecule has 2 heteroatoms. The Hall–Kier alpha value is -1.31. The van der Waals surface area contributed by atoms with E-state index in [-0.39, 0.29) is 0 Å². The number of hydrogen-bond acceptors (Lipinski definition) is 2. The van der Waals surface area contributed by atoms with E-state index in [1.807, 2.05) is 31.2 Å². The first-order valence-electron chi connectivity index (χ1n) is 7.93. The number of carbonyl (C=O) groups is 1. The molecule has 0 aliphatic heterocycles. The zero-order chi connectivity index (χ0) is 14.6. The van der Waals surface area contributed by atoms with Gasteiger partial charge in [0.1, 0.15) is 11.5 Å². The van der Waals surface area contributed by atoms with E-state index < -0.39 is 0 Å². The molecule has 0 fully saturated rings. The molecule has 0 bridgehead atoms. The summed E-state index contributed by atoms with van der Waals surface area (Å²) in [6.45, 7) is 4.76. The monoisotopic (exact) mass is 276 g/mol. The summed E-state index contributed by atoms with van der Waals surface area (Å²) in [5.41, 5.74) is 1.18. The van der Waals surface area contributed by atoms with Gasteiger partial charge in [-0.25, -0.2) is 0 Å². The van der Waals surface area contributed by atoms with Gasteiger partial charge in [-0.15, -0.1) is 0 Å². The zero-order valence-electron chi connectivity index (χ0n) is 13.0. The van der Waals surface area contributed by atoms with Gasteiger partial charge in [-0.3, -0.25) is 4.79 Å². The smallest absolute Gasteiger partial charge is 0.136 e. The lowest BCUT2D eigenvalue weighted by atomic mass is 10.1. The number of aryl methyl sites for hydroxylation is 1. The molecule has 0 saturated heterocycles. The molecular weight excluding hydrogens is 248 g/mol. The van der Waals surface area contributed by atoms with Crippen molar-refractivity contribution in [3.8, 4) is 5.75 Å². The third-order valence-corrected chi connectivity index (χ3v) is 3.45. The van der Waals surface area contributed by atoms with Crippen LogP contribution >= 0.6 is 0 Å². The van der Waals surface area contributed by atoms with E-state index in [4.69, 9.17) is 4.74 Å². The number of Topliss-reactive ketones (excluding diaryl/α,β-unsaturated/α-hetero) is 1. The number of ketones is 1. The fraction of sp³-hybridized carbons (Fsp3) is 0.611. The van der Waals surface area contributed by atoms with Crippen LogP contribution in [0.4, 0.5) is 0 Å². The van der Waals surface area contributed by atoms with Crippen molar-refractivity contribution in [3.63, 3.8) is 0 Å². The molecule has 0 N–H and O–H groups in total. The Morgan fingerprint density at radius 1 is 1.05 bits per heavy atom. The molecule has 0 atom stereocenters. The number of carbonyl (C=O) groups excluding carboxylic acids is 1.